The van der Waals surface area contributed by atoms with Crippen molar-refractivity contribution in [3.8, 4) is 22.3 Å². The normalized spacial score (nSPS) is 14.7. The molecule has 0 bridgehead atoms. The first-order valence-electron chi connectivity index (χ1n) is 18.8. The molecule has 0 fully saturated rings. The Morgan fingerprint density at radius 3 is 1.40 bits per heavy atom. The van der Waals surface area contributed by atoms with Gasteiger partial charge in [-0.25, -0.2) is 0 Å². The van der Waals surface area contributed by atoms with Gasteiger partial charge in [0, 0.05) is 27.9 Å². The molecule has 2 aliphatic rings. The van der Waals surface area contributed by atoms with Gasteiger partial charge in [-0.2, -0.15) is 0 Å². The number of nitrogens with zero attached hydrogens (tertiary/aromatic N) is 1. The van der Waals surface area contributed by atoms with Crippen molar-refractivity contribution < 1.29 is 0 Å². The van der Waals surface area contributed by atoms with Gasteiger partial charge in [-0.3, -0.25) is 0 Å². The van der Waals surface area contributed by atoms with Gasteiger partial charge in [0.2, 0.25) is 0 Å². The molecule has 0 atom stereocenters. The van der Waals surface area contributed by atoms with Crippen LogP contribution in [0.1, 0.15) is 49.9 Å². The number of rotatable bonds is 3. The molecule has 2 aliphatic carbocycles. The minimum Gasteiger partial charge on any atom is -0.310 e. The minimum absolute atomic E-state index is 0.0870. The Kier molecular flexibility index (Phi) is 6.14. The maximum atomic E-state index is 2.46. The second-order valence-corrected chi connectivity index (χ2v) is 16.2. The van der Waals surface area contributed by atoms with Crippen molar-refractivity contribution >= 4 is 60.2 Å². The van der Waals surface area contributed by atoms with E-state index < -0.39 is 0 Å². The smallest absolute Gasteiger partial charge is 0.0468 e. The van der Waals surface area contributed by atoms with Crippen molar-refractivity contribution in [1.29, 1.82) is 0 Å². The summed E-state index contributed by atoms with van der Waals surface area (Å²) in [7, 11) is 0. The predicted molar refractivity (Wildman–Crippen MR) is 226 cm³/mol. The first-order chi connectivity index (χ1) is 25.8. The quantitative estimate of drug-likeness (QED) is 0.180. The molecule has 0 spiro atoms. The lowest BCUT2D eigenvalue weighted by Gasteiger charge is -2.27. The summed E-state index contributed by atoms with van der Waals surface area (Å²) in [6, 6.07) is 61.5. The monoisotopic (exact) mass is 677 g/mol. The fourth-order valence-electron chi connectivity index (χ4n) is 9.78. The van der Waals surface area contributed by atoms with E-state index in [4.69, 9.17) is 0 Å². The zero-order chi connectivity index (χ0) is 35.6. The molecule has 252 valence electrons. The SMILES string of the molecule is CC1(C)c2cc3ccccc3cc2-c2cc3ccc(N(c4ccccc4)c4ccc5cc6c(cc5c4)C(C)(C)c4c-6ccc5ccccc45)cc3cc21. The molecule has 0 unspecified atom stereocenters. The van der Waals surface area contributed by atoms with Crippen LogP contribution in [-0.2, 0) is 10.8 Å². The molecule has 9 aromatic carbocycles. The molecular weight excluding hydrogens is 639 g/mol. The van der Waals surface area contributed by atoms with E-state index in [0.29, 0.717) is 0 Å². The highest BCUT2D eigenvalue weighted by Crippen LogP contribution is 2.54. The topological polar surface area (TPSA) is 3.24 Å². The number of hydrogen-bond acceptors (Lipinski definition) is 1. The molecule has 9 aromatic rings. The number of fused-ring (bicyclic) bond motifs is 11. The van der Waals surface area contributed by atoms with Gasteiger partial charge in [0.25, 0.3) is 0 Å². The molecule has 0 saturated carbocycles. The average Bonchev–Trinajstić information content (AvgIpc) is 3.54. The lowest BCUT2D eigenvalue weighted by molar-refractivity contribution is 0.662. The van der Waals surface area contributed by atoms with Crippen molar-refractivity contribution in [2.24, 2.45) is 0 Å². The van der Waals surface area contributed by atoms with Crippen LogP contribution in [0.3, 0.4) is 0 Å². The van der Waals surface area contributed by atoms with Gasteiger partial charge in [0.1, 0.15) is 0 Å². The average molecular weight is 678 g/mol. The van der Waals surface area contributed by atoms with Crippen molar-refractivity contribution in [3.63, 3.8) is 0 Å². The van der Waals surface area contributed by atoms with Gasteiger partial charge < -0.3 is 4.90 Å². The summed E-state index contributed by atoms with van der Waals surface area (Å²) in [5.74, 6) is 0. The first kappa shape index (κ1) is 30.4. The summed E-state index contributed by atoms with van der Waals surface area (Å²) >= 11 is 0. The second-order valence-electron chi connectivity index (χ2n) is 16.2. The van der Waals surface area contributed by atoms with E-state index in [1.54, 1.807) is 0 Å². The number of anilines is 3. The van der Waals surface area contributed by atoms with Crippen molar-refractivity contribution in [2.45, 2.75) is 38.5 Å². The molecule has 53 heavy (non-hydrogen) atoms. The molecule has 0 heterocycles. The lowest BCUT2D eigenvalue weighted by atomic mass is 9.80. The van der Waals surface area contributed by atoms with Gasteiger partial charge in [-0.15, -0.1) is 0 Å². The summed E-state index contributed by atoms with van der Waals surface area (Å²) < 4.78 is 0. The van der Waals surface area contributed by atoms with Crippen molar-refractivity contribution in [2.75, 3.05) is 4.90 Å². The molecule has 1 nitrogen and oxygen atoms in total. The van der Waals surface area contributed by atoms with E-state index in [9.17, 15) is 0 Å². The van der Waals surface area contributed by atoms with E-state index in [1.807, 2.05) is 0 Å². The molecule has 0 radical (unpaired) electrons. The number of para-hydroxylation sites is 1. The van der Waals surface area contributed by atoms with E-state index in [0.717, 1.165) is 17.1 Å². The van der Waals surface area contributed by atoms with Crippen LogP contribution in [0, 0.1) is 0 Å². The summed E-state index contributed by atoms with van der Waals surface area (Å²) in [4.78, 5) is 2.42. The van der Waals surface area contributed by atoms with Crippen LogP contribution in [0.15, 0.2) is 164 Å². The van der Waals surface area contributed by atoms with Crippen molar-refractivity contribution in [3.05, 3.63) is 186 Å². The fourth-order valence-corrected chi connectivity index (χ4v) is 9.78. The third-order valence-electron chi connectivity index (χ3n) is 12.5. The van der Waals surface area contributed by atoms with Gasteiger partial charge in [0.15, 0.2) is 0 Å². The summed E-state index contributed by atoms with van der Waals surface area (Å²) in [5, 5.41) is 10.3. The molecule has 11 rings (SSSR count). The molecule has 0 saturated heterocycles. The molecule has 1 heteroatoms. The van der Waals surface area contributed by atoms with Crippen LogP contribution in [0.25, 0.3) is 65.3 Å². The lowest BCUT2D eigenvalue weighted by Crippen LogP contribution is -2.15. The van der Waals surface area contributed by atoms with Crippen molar-refractivity contribution in [1.82, 2.24) is 0 Å². The highest BCUT2D eigenvalue weighted by atomic mass is 15.1. The van der Waals surface area contributed by atoms with Crippen LogP contribution in [-0.4, -0.2) is 0 Å². The Hall–Kier alpha value is -6.18. The summed E-state index contributed by atoms with van der Waals surface area (Å²) in [6.07, 6.45) is 0. The maximum absolute atomic E-state index is 2.46. The molecule has 0 amide bonds. The van der Waals surface area contributed by atoms with E-state index >= 15 is 0 Å². The Labute approximate surface area is 310 Å². The van der Waals surface area contributed by atoms with Crippen LogP contribution in [0.2, 0.25) is 0 Å². The van der Waals surface area contributed by atoms with Gasteiger partial charge in [-0.05, 0) is 160 Å². The van der Waals surface area contributed by atoms with Gasteiger partial charge >= 0.3 is 0 Å². The highest BCUT2D eigenvalue weighted by Gasteiger charge is 2.38. The maximum Gasteiger partial charge on any atom is 0.0468 e. The van der Waals surface area contributed by atoms with Gasteiger partial charge in [-0.1, -0.05) is 119 Å². The molecule has 0 aromatic heterocycles. The summed E-state index contributed by atoms with van der Waals surface area (Å²) in [6.45, 7) is 9.55. The molecule has 0 N–H and O–H groups in total. The Morgan fingerprint density at radius 2 is 0.774 bits per heavy atom. The third-order valence-corrected chi connectivity index (χ3v) is 12.5. The predicted octanol–water partition coefficient (Wildman–Crippen LogP) is 14.4. The number of benzene rings is 9. The van der Waals surface area contributed by atoms with Crippen LogP contribution in [0.5, 0.6) is 0 Å². The fraction of sp³-hybridized carbons (Fsp3) is 0.115. The first-order valence-corrected chi connectivity index (χ1v) is 18.8. The van der Waals surface area contributed by atoms with E-state index in [1.165, 1.54) is 87.6 Å². The molecule has 0 aliphatic heterocycles. The summed E-state index contributed by atoms with van der Waals surface area (Å²) in [5.41, 5.74) is 14.4. The minimum atomic E-state index is -0.104. The molecular formula is C52H39N. The Morgan fingerprint density at radius 1 is 0.321 bits per heavy atom. The largest absolute Gasteiger partial charge is 0.310 e. The number of hydrogen-bond donors (Lipinski definition) is 0. The Bertz CT molecular complexity index is 3000. The standard InChI is InChI=1S/C52H39N/c1-51(2)47-29-34-14-9-8-13-33(34)26-45(47)46-28-36-19-22-40(24-37(36)30-48(46)51)53(39-15-6-5-7-16-39)41-21-18-35-27-44-43-23-20-32-12-10-11-17-42(32)50(43)52(3,4)49(44)31-38(35)25-41/h5-31H,1-4H3. The second kappa shape index (κ2) is 10.7. The van der Waals surface area contributed by atoms with Crippen LogP contribution in [0.4, 0.5) is 17.1 Å². The Balaban J connectivity index is 1.05. The zero-order valence-corrected chi connectivity index (χ0v) is 30.5. The van der Waals surface area contributed by atoms with Gasteiger partial charge in [0.05, 0.1) is 0 Å². The third kappa shape index (κ3) is 4.31. The van der Waals surface area contributed by atoms with Crippen LogP contribution >= 0.6 is 0 Å². The zero-order valence-electron chi connectivity index (χ0n) is 30.5. The van der Waals surface area contributed by atoms with E-state index in [-0.39, 0.29) is 10.8 Å². The van der Waals surface area contributed by atoms with Crippen LogP contribution < -0.4 is 4.90 Å². The highest BCUT2D eigenvalue weighted by molar-refractivity contribution is 6.03. The van der Waals surface area contributed by atoms with E-state index in [2.05, 4.69) is 196 Å².